The van der Waals surface area contributed by atoms with Gasteiger partial charge in [0.2, 0.25) is 5.91 Å². The topological polar surface area (TPSA) is 69.6 Å². The molecule has 0 aromatic heterocycles. The van der Waals surface area contributed by atoms with E-state index in [-0.39, 0.29) is 18.4 Å². The summed E-state index contributed by atoms with van der Waals surface area (Å²) >= 11 is 0. The average molecular weight is 299 g/mol. The zero-order valence-electron chi connectivity index (χ0n) is 14.0. The SMILES string of the molecule is CCC(C)CCC/C=C/C(O)C(CO)NC(=O)C(C)CC. The second-order valence-electron chi connectivity index (χ2n) is 5.97. The number of nitrogens with one attached hydrogen (secondary N) is 1. The van der Waals surface area contributed by atoms with Crippen LogP contribution in [-0.4, -0.2) is 34.9 Å². The number of amides is 1. The molecule has 21 heavy (non-hydrogen) atoms. The first-order chi connectivity index (χ1) is 9.96. The van der Waals surface area contributed by atoms with Crippen LogP contribution >= 0.6 is 0 Å². The molecule has 4 heteroatoms. The molecule has 0 fully saturated rings. The van der Waals surface area contributed by atoms with Crippen molar-refractivity contribution in [3.63, 3.8) is 0 Å². The lowest BCUT2D eigenvalue weighted by Crippen LogP contribution is -2.46. The maximum atomic E-state index is 11.8. The highest BCUT2D eigenvalue weighted by Gasteiger charge is 2.20. The van der Waals surface area contributed by atoms with Crippen LogP contribution in [0.4, 0.5) is 0 Å². The van der Waals surface area contributed by atoms with Gasteiger partial charge in [-0.3, -0.25) is 4.79 Å². The van der Waals surface area contributed by atoms with Crippen LogP contribution in [0.5, 0.6) is 0 Å². The maximum Gasteiger partial charge on any atom is 0.223 e. The molecule has 3 N–H and O–H groups in total. The summed E-state index contributed by atoms with van der Waals surface area (Å²) in [5, 5.41) is 22.0. The molecule has 0 saturated carbocycles. The van der Waals surface area contributed by atoms with Crippen LogP contribution in [0.15, 0.2) is 12.2 Å². The molecular formula is C17H33NO3. The van der Waals surface area contributed by atoms with Crippen molar-refractivity contribution in [2.45, 2.75) is 71.9 Å². The van der Waals surface area contributed by atoms with Gasteiger partial charge in [0.25, 0.3) is 0 Å². The number of aliphatic hydroxyl groups is 2. The van der Waals surface area contributed by atoms with Crippen molar-refractivity contribution in [1.82, 2.24) is 5.32 Å². The lowest BCUT2D eigenvalue weighted by Gasteiger charge is -2.21. The van der Waals surface area contributed by atoms with Crippen LogP contribution in [0.3, 0.4) is 0 Å². The van der Waals surface area contributed by atoms with E-state index in [1.807, 2.05) is 19.9 Å². The van der Waals surface area contributed by atoms with Crippen molar-refractivity contribution in [2.24, 2.45) is 11.8 Å². The van der Waals surface area contributed by atoms with E-state index in [1.165, 1.54) is 12.8 Å². The minimum Gasteiger partial charge on any atom is -0.394 e. The Morgan fingerprint density at radius 1 is 1.24 bits per heavy atom. The Balaban J connectivity index is 4.14. The molecule has 0 aliphatic carbocycles. The smallest absolute Gasteiger partial charge is 0.223 e. The molecule has 0 heterocycles. The molecule has 0 aliphatic heterocycles. The molecule has 0 bridgehead atoms. The molecule has 4 unspecified atom stereocenters. The summed E-state index contributed by atoms with van der Waals surface area (Å²) in [4.78, 5) is 11.8. The van der Waals surface area contributed by atoms with E-state index in [1.54, 1.807) is 6.08 Å². The molecule has 4 nitrogen and oxygen atoms in total. The zero-order valence-corrected chi connectivity index (χ0v) is 14.0. The van der Waals surface area contributed by atoms with Gasteiger partial charge in [0.1, 0.15) is 0 Å². The molecule has 0 aromatic rings. The minimum absolute atomic E-state index is 0.106. The standard InChI is InChI=1S/C17H33NO3/c1-5-13(3)10-8-7-9-11-16(20)15(12-19)18-17(21)14(4)6-2/h9,11,13-16,19-20H,5-8,10,12H2,1-4H3,(H,18,21)/b11-9+. The average Bonchev–Trinajstić information content (AvgIpc) is 2.50. The number of unbranched alkanes of at least 4 members (excludes halogenated alkanes) is 1. The number of rotatable bonds is 11. The first kappa shape index (κ1) is 20.1. The molecule has 0 aromatic carbocycles. The number of hydrogen-bond acceptors (Lipinski definition) is 3. The molecule has 124 valence electrons. The van der Waals surface area contributed by atoms with Crippen LogP contribution < -0.4 is 5.32 Å². The Hall–Kier alpha value is -0.870. The first-order valence-corrected chi connectivity index (χ1v) is 8.22. The van der Waals surface area contributed by atoms with Gasteiger partial charge in [-0.25, -0.2) is 0 Å². The van der Waals surface area contributed by atoms with Crippen LogP contribution in [0.2, 0.25) is 0 Å². The van der Waals surface area contributed by atoms with Gasteiger partial charge in [-0.1, -0.05) is 52.7 Å². The predicted molar refractivity (Wildman–Crippen MR) is 86.9 cm³/mol. The molecule has 4 atom stereocenters. The number of carbonyl (C=O) groups excluding carboxylic acids is 1. The van der Waals surface area contributed by atoms with Crippen molar-refractivity contribution in [1.29, 1.82) is 0 Å². The van der Waals surface area contributed by atoms with Gasteiger partial charge in [0, 0.05) is 5.92 Å². The summed E-state index contributed by atoms with van der Waals surface area (Å²) in [6, 6.07) is -0.627. The molecule has 0 aliphatic rings. The lowest BCUT2D eigenvalue weighted by atomic mass is 10.0. The van der Waals surface area contributed by atoms with Crippen molar-refractivity contribution in [3.8, 4) is 0 Å². The van der Waals surface area contributed by atoms with Gasteiger partial charge >= 0.3 is 0 Å². The van der Waals surface area contributed by atoms with Gasteiger partial charge in [0.05, 0.1) is 18.8 Å². The van der Waals surface area contributed by atoms with Crippen molar-refractivity contribution in [2.75, 3.05) is 6.61 Å². The van der Waals surface area contributed by atoms with Crippen LogP contribution in [0.25, 0.3) is 0 Å². The first-order valence-electron chi connectivity index (χ1n) is 8.22. The summed E-state index contributed by atoms with van der Waals surface area (Å²) in [6.07, 6.45) is 7.91. The third kappa shape index (κ3) is 8.89. The van der Waals surface area contributed by atoms with Crippen LogP contribution in [-0.2, 0) is 4.79 Å². The lowest BCUT2D eigenvalue weighted by molar-refractivity contribution is -0.126. The normalized spacial score (nSPS) is 17.4. The Kier molecular flexibility index (Phi) is 11.3. The molecule has 0 radical (unpaired) electrons. The number of allylic oxidation sites excluding steroid dienone is 1. The Morgan fingerprint density at radius 2 is 1.90 bits per heavy atom. The second-order valence-corrected chi connectivity index (χ2v) is 5.97. The van der Waals surface area contributed by atoms with Gasteiger partial charge in [-0.05, 0) is 25.2 Å². The Morgan fingerprint density at radius 3 is 2.43 bits per heavy atom. The van der Waals surface area contributed by atoms with Crippen LogP contribution in [0.1, 0.15) is 59.8 Å². The van der Waals surface area contributed by atoms with Gasteiger partial charge in [-0.15, -0.1) is 0 Å². The fourth-order valence-electron chi connectivity index (χ4n) is 1.91. The maximum absolute atomic E-state index is 11.8. The van der Waals surface area contributed by atoms with E-state index < -0.39 is 12.1 Å². The van der Waals surface area contributed by atoms with Crippen molar-refractivity contribution >= 4 is 5.91 Å². The highest BCUT2D eigenvalue weighted by molar-refractivity contribution is 5.78. The molecular weight excluding hydrogens is 266 g/mol. The zero-order chi connectivity index (χ0) is 16.3. The summed E-state index contributed by atoms with van der Waals surface area (Å²) in [5.74, 6) is 0.509. The van der Waals surface area contributed by atoms with Crippen LogP contribution in [0, 0.1) is 11.8 Å². The van der Waals surface area contributed by atoms with Crippen molar-refractivity contribution in [3.05, 3.63) is 12.2 Å². The molecule has 0 rings (SSSR count). The van der Waals surface area contributed by atoms with E-state index in [9.17, 15) is 15.0 Å². The molecule has 1 amide bonds. The van der Waals surface area contributed by atoms with Gasteiger partial charge in [-0.2, -0.15) is 0 Å². The van der Waals surface area contributed by atoms with Gasteiger partial charge < -0.3 is 15.5 Å². The van der Waals surface area contributed by atoms with Gasteiger partial charge in [0.15, 0.2) is 0 Å². The van der Waals surface area contributed by atoms with E-state index in [4.69, 9.17) is 0 Å². The summed E-state index contributed by atoms with van der Waals surface area (Å²) < 4.78 is 0. The number of aliphatic hydroxyl groups excluding tert-OH is 2. The Labute approximate surface area is 129 Å². The number of carbonyl (C=O) groups is 1. The van der Waals surface area contributed by atoms with E-state index in [2.05, 4.69) is 19.2 Å². The summed E-state index contributed by atoms with van der Waals surface area (Å²) in [6.45, 7) is 7.94. The molecule has 0 spiro atoms. The fourth-order valence-corrected chi connectivity index (χ4v) is 1.91. The number of hydrogen-bond donors (Lipinski definition) is 3. The predicted octanol–water partition coefficient (Wildman–Crippen LogP) is 2.64. The largest absolute Gasteiger partial charge is 0.394 e. The highest BCUT2D eigenvalue weighted by Crippen LogP contribution is 2.11. The molecule has 0 saturated heterocycles. The highest BCUT2D eigenvalue weighted by atomic mass is 16.3. The summed E-state index contributed by atoms with van der Waals surface area (Å²) in [7, 11) is 0. The van der Waals surface area contributed by atoms with E-state index >= 15 is 0 Å². The fraction of sp³-hybridized carbons (Fsp3) is 0.824. The third-order valence-corrected chi connectivity index (χ3v) is 4.09. The Bertz CT molecular complexity index is 304. The minimum atomic E-state index is -0.841. The second kappa shape index (κ2) is 11.8. The van der Waals surface area contributed by atoms with Crippen molar-refractivity contribution < 1.29 is 15.0 Å². The third-order valence-electron chi connectivity index (χ3n) is 4.09. The monoisotopic (exact) mass is 299 g/mol. The summed E-state index contributed by atoms with van der Waals surface area (Å²) in [5.41, 5.74) is 0. The van der Waals surface area contributed by atoms with E-state index in [0.717, 1.165) is 25.2 Å². The quantitative estimate of drug-likeness (QED) is 0.406. The van der Waals surface area contributed by atoms with E-state index in [0.29, 0.717) is 0 Å².